The lowest BCUT2D eigenvalue weighted by Crippen LogP contribution is -2.11. The summed E-state index contributed by atoms with van der Waals surface area (Å²) < 4.78 is 26.6. The highest BCUT2D eigenvalue weighted by molar-refractivity contribution is 8.04. The van der Waals surface area contributed by atoms with Crippen LogP contribution in [0.3, 0.4) is 0 Å². The number of anilines is 1. The summed E-state index contributed by atoms with van der Waals surface area (Å²) in [7, 11) is -4.00. The fraction of sp³-hybridized carbons (Fsp3) is 0.125. The van der Waals surface area contributed by atoms with Gasteiger partial charge in [-0.1, -0.05) is 60.1 Å². The summed E-state index contributed by atoms with van der Waals surface area (Å²) in [6.45, 7) is 3.87. The van der Waals surface area contributed by atoms with Gasteiger partial charge in [0.15, 0.2) is 4.91 Å². The Morgan fingerprint density at radius 1 is 1.00 bits per heavy atom. The lowest BCUT2D eigenvalue weighted by Gasteiger charge is -2.17. The van der Waals surface area contributed by atoms with Gasteiger partial charge in [-0.25, -0.2) is 8.42 Å². The van der Waals surface area contributed by atoms with Crippen LogP contribution < -0.4 is 5.32 Å². The summed E-state index contributed by atoms with van der Waals surface area (Å²) in [5.41, 5.74) is 3.62. The van der Waals surface area contributed by atoms with Crippen molar-refractivity contribution in [3.63, 3.8) is 0 Å². The van der Waals surface area contributed by atoms with Crippen molar-refractivity contribution in [3.05, 3.63) is 104 Å². The third-order valence-electron chi connectivity index (χ3n) is 4.62. The van der Waals surface area contributed by atoms with Crippen molar-refractivity contribution in [2.75, 3.05) is 5.32 Å². The third kappa shape index (κ3) is 5.50. The molecule has 0 atom stereocenters. The second-order valence-electron chi connectivity index (χ2n) is 6.90. The van der Waals surface area contributed by atoms with E-state index in [4.69, 9.17) is 11.6 Å². The van der Waals surface area contributed by atoms with E-state index in [1.54, 1.807) is 24.3 Å². The first kappa shape index (κ1) is 23.0. The minimum atomic E-state index is -4.00. The summed E-state index contributed by atoms with van der Waals surface area (Å²) in [4.78, 5) is -0.232. The van der Waals surface area contributed by atoms with E-state index in [1.165, 1.54) is 23.9 Å². The van der Waals surface area contributed by atoms with Gasteiger partial charge in [0.25, 0.3) is 0 Å². The Labute approximate surface area is 192 Å². The van der Waals surface area contributed by atoms with Crippen LogP contribution in [0, 0.1) is 25.2 Å². The number of hydrogen-bond donors (Lipinski definition) is 1. The molecule has 0 aliphatic rings. The van der Waals surface area contributed by atoms with Gasteiger partial charge in [-0.2, -0.15) is 5.26 Å². The number of sulfone groups is 1. The lowest BCUT2D eigenvalue weighted by atomic mass is 10.1. The van der Waals surface area contributed by atoms with E-state index in [-0.39, 0.29) is 14.8 Å². The first-order valence-electron chi connectivity index (χ1n) is 9.48. The molecule has 4 nitrogen and oxygen atoms in total. The minimum absolute atomic E-state index is 0.0794. The molecule has 158 valence electrons. The highest BCUT2D eigenvalue weighted by Crippen LogP contribution is 2.33. The van der Waals surface area contributed by atoms with Crippen molar-refractivity contribution in [2.45, 2.75) is 24.5 Å². The van der Waals surface area contributed by atoms with Crippen molar-refractivity contribution in [3.8, 4) is 6.07 Å². The van der Waals surface area contributed by atoms with Gasteiger partial charge in [0.1, 0.15) is 11.1 Å². The quantitative estimate of drug-likeness (QED) is 0.402. The molecule has 0 saturated carbocycles. The first-order chi connectivity index (χ1) is 14.8. The maximum Gasteiger partial charge on any atom is 0.219 e. The molecule has 3 aromatic carbocycles. The molecule has 7 heteroatoms. The number of nitriles is 1. The number of rotatable bonds is 7. The van der Waals surface area contributed by atoms with Crippen molar-refractivity contribution >= 4 is 38.9 Å². The number of hydrogen-bond acceptors (Lipinski definition) is 5. The molecule has 0 radical (unpaired) electrons. The minimum Gasteiger partial charge on any atom is -0.348 e. The molecule has 0 unspecified atom stereocenters. The van der Waals surface area contributed by atoms with E-state index >= 15 is 0 Å². The maximum absolute atomic E-state index is 13.3. The summed E-state index contributed by atoms with van der Waals surface area (Å²) >= 11 is 7.35. The Balaban J connectivity index is 2.09. The number of allylic oxidation sites excluding steroid dienone is 1. The smallest absolute Gasteiger partial charge is 0.219 e. The van der Waals surface area contributed by atoms with Crippen LogP contribution in [-0.4, -0.2) is 8.42 Å². The number of thioether (sulfide) groups is 1. The zero-order valence-electron chi connectivity index (χ0n) is 17.1. The molecule has 0 spiro atoms. The van der Waals surface area contributed by atoms with Gasteiger partial charge >= 0.3 is 0 Å². The highest BCUT2D eigenvalue weighted by atomic mass is 35.5. The standard InChI is InChI=1S/C24H21ClN2O2S2/c1-17-8-6-9-18(2)23(17)27-24(30-16-19-10-7-11-20(25)14-19)22(15-26)31(28,29)21-12-4-3-5-13-21/h3-14,27H,16H2,1-2H3. The van der Waals surface area contributed by atoms with Gasteiger partial charge in [-0.3, -0.25) is 0 Å². The average Bonchev–Trinajstić information content (AvgIpc) is 2.75. The highest BCUT2D eigenvalue weighted by Gasteiger charge is 2.26. The SMILES string of the molecule is Cc1cccc(C)c1NC(SCc1cccc(Cl)c1)=C(C#N)S(=O)(=O)c1ccccc1. The van der Waals surface area contributed by atoms with Crippen LogP contribution >= 0.6 is 23.4 Å². The van der Waals surface area contributed by atoms with Gasteiger partial charge in [-0.15, -0.1) is 11.8 Å². The van der Waals surface area contributed by atoms with E-state index < -0.39 is 9.84 Å². The molecule has 0 fully saturated rings. The van der Waals surface area contributed by atoms with E-state index in [0.717, 1.165) is 22.4 Å². The third-order valence-corrected chi connectivity index (χ3v) is 7.78. The van der Waals surface area contributed by atoms with Crippen LogP contribution in [0.2, 0.25) is 5.02 Å². The number of halogens is 1. The molecular weight excluding hydrogens is 448 g/mol. The monoisotopic (exact) mass is 468 g/mol. The molecule has 0 aromatic heterocycles. The predicted octanol–water partition coefficient (Wildman–Crippen LogP) is 6.47. The zero-order chi connectivity index (χ0) is 22.4. The zero-order valence-corrected chi connectivity index (χ0v) is 19.5. The van der Waals surface area contributed by atoms with Crippen LogP contribution in [0.5, 0.6) is 0 Å². The van der Waals surface area contributed by atoms with E-state index in [1.807, 2.05) is 56.3 Å². The molecule has 0 aliphatic heterocycles. The second kappa shape index (κ2) is 10.1. The van der Waals surface area contributed by atoms with Gasteiger partial charge < -0.3 is 5.32 Å². The Hall–Kier alpha value is -2.72. The molecule has 0 bridgehead atoms. The van der Waals surface area contributed by atoms with E-state index in [0.29, 0.717) is 10.8 Å². The van der Waals surface area contributed by atoms with Gasteiger partial charge in [-0.05, 0) is 54.8 Å². The number of benzene rings is 3. The van der Waals surface area contributed by atoms with Gasteiger partial charge in [0.05, 0.1) is 4.90 Å². The van der Waals surface area contributed by atoms with Crippen LogP contribution in [-0.2, 0) is 15.6 Å². The normalized spacial score (nSPS) is 12.1. The number of nitrogens with one attached hydrogen (secondary N) is 1. The number of aryl methyl sites for hydroxylation is 2. The van der Waals surface area contributed by atoms with Crippen molar-refractivity contribution < 1.29 is 8.42 Å². The topological polar surface area (TPSA) is 70.0 Å². The van der Waals surface area contributed by atoms with Crippen molar-refractivity contribution in [1.82, 2.24) is 0 Å². The number of nitrogens with zero attached hydrogens (tertiary/aromatic N) is 1. The fourth-order valence-electron chi connectivity index (χ4n) is 3.02. The van der Waals surface area contributed by atoms with Crippen molar-refractivity contribution in [1.29, 1.82) is 5.26 Å². The fourth-order valence-corrected chi connectivity index (χ4v) is 5.74. The second-order valence-corrected chi connectivity index (χ2v) is 10.2. The number of para-hydroxylation sites is 1. The molecule has 3 rings (SSSR count). The Kier molecular flexibility index (Phi) is 7.45. The summed E-state index contributed by atoms with van der Waals surface area (Å²) in [5, 5.41) is 14.0. The van der Waals surface area contributed by atoms with Crippen LogP contribution in [0.4, 0.5) is 5.69 Å². The molecule has 0 amide bonds. The summed E-state index contributed by atoms with van der Waals surface area (Å²) in [5.74, 6) is 0.448. The molecule has 0 aliphatic carbocycles. The molecule has 0 saturated heterocycles. The molecule has 0 heterocycles. The van der Waals surface area contributed by atoms with Crippen LogP contribution in [0.15, 0.2) is 87.6 Å². The summed E-state index contributed by atoms with van der Waals surface area (Å²) in [6.07, 6.45) is 0. The van der Waals surface area contributed by atoms with Crippen molar-refractivity contribution in [2.24, 2.45) is 0 Å². The molecule has 1 N–H and O–H groups in total. The van der Waals surface area contributed by atoms with Gasteiger partial charge in [0.2, 0.25) is 9.84 Å². The average molecular weight is 469 g/mol. The van der Waals surface area contributed by atoms with Crippen LogP contribution in [0.25, 0.3) is 0 Å². The molecule has 31 heavy (non-hydrogen) atoms. The lowest BCUT2D eigenvalue weighted by molar-refractivity contribution is 0.603. The molecule has 3 aromatic rings. The molecular formula is C24H21ClN2O2S2. The van der Waals surface area contributed by atoms with Crippen LogP contribution in [0.1, 0.15) is 16.7 Å². The maximum atomic E-state index is 13.3. The van der Waals surface area contributed by atoms with E-state index in [2.05, 4.69) is 5.32 Å². The Morgan fingerprint density at radius 2 is 1.65 bits per heavy atom. The van der Waals surface area contributed by atoms with E-state index in [9.17, 15) is 13.7 Å². The Bertz CT molecular complexity index is 1240. The predicted molar refractivity (Wildman–Crippen MR) is 129 cm³/mol. The first-order valence-corrected chi connectivity index (χ1v) is 12.3. The Morgan fingerprint density at radius 3 is 2.26 bits per heavy atom. The largest absolute Gasteiger partial charge is 0.348 e. The summed E-state index contributed by atoms with van der Waals surface area (Å²) in [6, 6.07) is 23.1. The van der Waals surface area contributed by atoms with Gasteiger partial charge in [0, 0.05) is 16.5 Å².